The smallest absolute Gasteiger partial charge is 0.259 e. The van der Waals surface area contributed by atoms with Crippen molar-refractivity contribution < 1.29 is 14.3 Å². The molecule has 0 saturated heterocycles. The van der Waals surface area contributed by atoms with E-state index >= 15 is 0 Å². The summed E-state index contributed by atoms with van der Waals surface area (Å²) in [5.74, 6) is 1.11. The first-order chi connectivity index (χ1) is 14.1. The van der Waals surface area contributed by atoms with Gasteiger partial charge in [-0.15, -0.1) is 0 Å². The van der Waals surface area contributed by atoms with E-state index in [0.29, 0.717) is 23.6 Å². The minimum atomic E-state index is -0.206. The summed E-state index contributed by atoms with van der Waals surface area (Å²) in [6, 6.07) is 25.1. The predicted octanol–water partition coefficient (Wildman–Crippen LogP) is 5.74. The van der Waals surface area contributed by atoms with Gasteiger partial charge in [-0.2, -0.15) is 0 Å². The average Bonchev–Trinajstić information content (AvgIpc) is 2.72. The van der Waals surface area contributed by atoms with Gasteiger partial charge in [-0.25, -0.2) is 0 Å². The molecule has 1 amide bonds. The zero-order chi connectivity index (χ0) is 20.5. The lowest BCUT2D eigenvalue weighted by atomic mass is 10.1. The van der Waals surface area contributed by atoms with E-state index in [-0.39, 0.29) is 12.0 Å². The molecular formula is C25H27NO3. The fourth-order valence-electron chi connectivity index (χ4n) is 2.98. The molecule has 3 rings (SSSR count). The molecule has 0 aromatic heterocycles. The Bertz CT molecular complexity index is 922. The van der Waals surface area contributed by atoms with Crippen molar-refractivity contribution in [3.8, 4) is 11.5 Å². The molecule has 1 N–H and O–H groups in total. The van der Waals surface area contributed by atoms with Gasteiger partial charge in [0.25, 0.3) is 5.91 Å². The fraction of sp³-hybridized carbons (Fsp3) is 0.240. The van der Waals surface area contributed by atoms with Gasteiger partial charge in [0.05, 0.1) is 18.3 Å². The molecule has 0 bridgehead atoms. The van der Waals surface area contributed by atoms with Crippen LogP contribution in [0.2, 0.25) is 0 Å². The van der Waals surface area contributed by atoms with E-state index in [2.05, 4.69) is 17.4 Å². The summed E-state index contributed by atoms with van der Waals surface area (Å²) in [5.41, 5.74) is 2.50. The third-order valence-corrected chi connectivity index (χ3v) is 4.31. The topological polar surface area (TPSA) is 47.6 Å². The molecule has 3 aromatic rings. The van der Waals surface area contributed by atoms with Crippen LogP contribution in [0.15, 0.2) is 78.9 Å². The van der Waals surface area contributed by atoms with Crippen LogP contribution in [0.25, 0.3) is 0 Å². The van der Waals surface area contributed by atoms with Crippen molar-refractivity contribution in [2.24, 2.45) is 0 Å². The van der Waals surface area contributed by atoms with E-state index in [1.165, 1.54) is 5.56 Å². The zero-order valence-electron chi connectivity index (χ0n) is 16.9. The van der Waals surface area contributed by atoms with Gasteiger partial charge in [-0.1, -0.05) is 48.5 Å². The Hall–Kier alpha value is -3.27. The van der Waals surface area contributed by atoms with Crippen LogP contribution in [-0.2, 0) is 6.42 Å². The summed E-state index contributed by atoms with van der Waals surface area (Å²) in [7, 11) is 0. The van der Waals surface area contributed by atoms with E-state index in [9.17, 15) is 4.79 Å². The van der Waals surface area contributed by atoms with Crippen LogP contribution in [0.1, 0.15) is 36.2 Å². The first kappa shape index (κ1) is 20.5. The van der Waals surface area contributed by atoms with Crippen molar-refractivity contribution >= 4 is 11.6 Å². The molecule has 0 heterocycles. The van der Waals surface area contributed by atoms with Gasteiger partial charge in [-0.3, -0.25) is 4.79 Å². The Labute approximate surface area is 172 Å². The van der Waals surface area contributed by atoms with Crippen molar-refractivity contribution in [3.63, 3.8) is 0 Å². The van der Waals surface area contributed by atoms with Crippen molar-refractivity contribution in [3.05, 3.63) is 90.0 Å². The summed E-state index contributed by atoms with van der Waals surface area (Å²) in [5, 5.41) is 2.93. The molecule has 0 aliphatic carbocycles. The molecule has 3 aromatic carbocycles. The van der Waals surface area contributed by atoms with Gasteiger partial charge in [0.2, 0.25) is 0 Å². The summed E-state index contributed by atoms with van der Waals surface area (Å²) in [6.07, 6.45) is 1.90. The number of carbonyl (C=O) groups excluding carboxylic acids is 1. The number of para-hydroxylation sites is 1. The summed E-state index contributed by atoms with van der Waals surface area (Å²) < 4.78 is 11.6. The number of ether oxygens (including phenoxy) is 2. The van der Waals surface area contributed by atoms with Gasteiger partial charge in [0.1, 0.15) is 11.5 Å². The molecule has 0 spiro atoms. The molecule has 0 aliphatic heterocycles. The fourth-order valence-corrected chi connectivity index (χ4v) is 2.98. The second-order valence-electron chi connectivity index (χ2n) is 7.08. The van der Waals surface area contributed by atoms with Gasteiger partial charge in [0.15, 0.2) is 0 Å². The van der Waals surface area contributed by atoms with Gasteiger partial charge in [0, 0.05) is 11.8 Å². The largest absolute Gasteiger partial charge is 0.494 e. The first-order valence-electron chi connectivity index (χ1n) is 9.95. The van der Waals surface area contributed by atoms with Gasteiger partial charge >= 0.3 is 0 Å². The van der Waals surface area contributed by atoms with Crippen LogP contribution in [0.4, 0.5) is 5.69 Å². The van der Waals surface area contributed by atoms with Crippen LogP contribution in [-0.4, -0.2) is 18.6 Å². The molecule has 0 aliphatic rings. The van der Waals surface area contributed by atoms with Gasteiger partial charge in [-0.05, 0) is 56.5 Å². The molecule has 0 saturated carbocycles. The van der Waals surface area contributed by atoms with Crippen molar-refractivity contribution in [2.75, 3.05) is 11.9 Å². The predicted molar refractivity (Wildman–Crippen MR) is 117 cm³/mol. The van der Waals surface area contributed by atoms with Crippen molar-refractivity contribution in [1.29, 1.82) is 0 Å². The molecular weight excluding hydrogens is 362 g/mol. The molecule has 0 fully saturated rings. The van der Waals surface area contributed by atoms with Crippen LogP contribution in [0.3, 0.4) is 0 Å². The number of rotatable bonds is 9. The maximum atomic E-state index is 12.7. The Morgan fingerprint density at radius 2 is 1.69 bits per heavy atom. The maximum Gasteiger partial charge on any atom is 0.259 e. The third-order valence-electron chi connectivity index (χ3n) is 4.31. The summed E-state index contributed by atoms with van der Waals surface area (Å²) in [4.78, 5) is 12.7. The highest BCUT2D eigenvalue weighted by Crippen LogP contribution is 2.23. The lowest BCUT2D eigenvalue weighted by molar-refractivity contribution is 0.102. The second-order valence-corrected chi connectivity index (χ2v) is 7.08. The van der Waals surface area contributed by atoms with Crippen LogP contribution < -0.4 is 14.8 Å². The number of nitrogens with one attached hydrogen (secondary N) is 1. The highest BCUT2D eigenvalue weighted by molar-refractivity contribution is 6.06. The number of aryl methyl sites for hydroxylation is 1. The summed E-state index contributed by atoms with van der Waals surface area (Å²) >= 11 is 0. The first-order valence-corrected chi connectivity index (χ1v) is 9.95. The number of anilines is 1. The van der Waals surface area contributed by atoms with E-state index < -0.39 is 0 Å². The normalized spacial score (nSPS) is 10.6. The number of hydrogen-bond acceptors (Lipinski definition) is 3. The highest BCUT2D eigenvalue weighted by Gasteiger charge is 2.13. The minimum absolute atomic E-state index is 0.00318. The van der Waals surface area contributed by atoms with E-state index in [1.807, 2.05) is 68.4 Å². The van der Waals surface area contributed by atoms with E-state index in [1.54, 1.807) is 12.1 Å². The number of hydrogen-bond donors (Lipinski definition) is 1. The number of amides is 1. The molecule has 29 heavy (non-hydrogen) atoms. The Morgan fingerprint density at radius 1 is 0.931 bits per heavy atom. The SMILES string of the molecule is CC(C)Oc1ccccc1C(=O)Nc1cccc(OCCCc2ccccc2)c1. The lowest BCUT2D eigenvalue weighted by Gasteiger charge is -2.14. The minimum Gasteiger partial charge on any atom is -0.494 e. The van der Waals surface area contributed by atoms with Crippen molar-refractivity contribution in [2.45, 2.75) is 32.8 Å². The quantitative estimate of drug-likeness (QED) is 0.475. The standard InChI is InChI=1S/C25H27NO3/c1-19(2)29-24-16-7-6-15-23(24)25(27)26-21-13-8-14-22(18-21)28-17-9-12-20-10-4-3-5-11-20/h3-8,10-11,13-16,18-19H,9,12,17H2,1-2H3,(H,26,27). The summed E-state index contributed by atoms with van der Waals surface area (Å²) in [6.45, 7) is 4.50. The van der Waals surface area contributed by atoms with Crippen LogP contribution in [0.5, 0.6) is 11.5 Å². The number of benzene rings is 3. The maximum absolute atomic E-state index is 12.7. The molecule has 0 unspecified atom stereocenters. The van der Waals surface area contributed by atoms with Gasteiger partial charge < -0.3 is 14.8 Å². The Morgan fingerprint density at radius 3 is 2.48 bits per heavy atom. The van der Waals surface area contributed by atoms with E-state index in [0.717, 1.165) is 18.6 Å². The Balaban J connectivity index is 1.56. The molecule has 4 heteroatoms. The zero-order valence-corrected chi connectivity index (χ0v) is 16.9. The third kappa shape index (κ3) is 6.39. The molecule has 0 atom stereocenters. The molecule has 0 radical (unpaired) electrons. The van der Waals surface area contributed by atoms with Crippen molar-refractivity contribution in [1.82, 2.24) is 0 Å². The Kier molecular flexibility index (Phi) is 7.28. The van der Waals surface area contributed by atoms with Crippen LogP contribution in [0, 0.1) is 0 Å². The van der Waals surface area contributed by atoms with Crippen LogP contribution >= 0.6 is 0 Å². The molecule has 4 nitrogen and oxygen atoms in total. The van der Waals surface area contributed by atoms with E-state index in [4.69, 9.17) is 9.47 Å². The average molecular weight is 389 g/mol. The monoisotopic (exact) mass is 389 g/mol. The number of carbonyl (C=O) groups is 1. The lowest BCUT2D eigenvalue weighted by Crippen LogP contribution is -2.15. The second kappa shape index (κ2) is 10.3. The highest BCUT2D eigenvalue weighted by atomic mass is 16.5. The molecule has 150 valence electrons.